The van der Waals surface area contributed by atoms with E-state index in [0.717, 1.165) is 0 Å². The maximum Gasteiger partial charge on any atom is 0.252 e. The number of nitrogens with one attached hydrogen (secondary N) is 1. The van der Waals surface area contributed by atoms with Crippen molar-refractivity contribution in [2.75, 3.05) is 6.67 Å². The first-order valence-corrected chi connectivity index (χ1v) is 3.85. The van der Waals surface area contributed by atoms with Crippen molar-refractivity contribution in [2.45, 2.75) is 0 Å². The van der Waals surface area contributed by atoms with Crippen LogP contribution >= 0.6 is 11.6 Å². The number of amides is 1. The molecule has 1 aromatic rings. The molecule has 0 unspecified atom stereocenters. The Morgan fingerprint density at radius 3 is 2.50 bits per heavy atom. The van der Waals surface area contributed by atoms with Crippen molar-refractivity contribution < 1.29 is 4.79 Å². The molecular weight excluding hydrogens is 176 g/mol. The Morgan fingerprint density at radius 2 is 2.00 bits per heavy atom. The van der Waals surface area contributed by atoms with Crippen LogP contribution in [0.5, 0.6) is 0 Å². The second-order valence-corrected chi connectivity index (χ2v) is 2.65. The second-order valence-electron chi connectivity index (χ2n) is 2.22. The average Bonchev–Trinajstić information content (AvgIpc) is 2.06. The minimum atomic E-state index is -0.186. The van der Waals surface area contributed by atoms with E-state index in [1.54, 1.807) is 24.3 Å². The summed E-state index contributed by atoms with van der Waals surface area (Å²) in [6.07, 6.45) is 0. The van der Waals surface area contributed by atoms with Gasteiger partial charge < -0.3 is 11.1 Å². The lowest BCUT2D eigenvalue weighted by molar-refractivity contribution is 0.0955. The molecule has 0 aliphatic rings. The summed E-state index contributed by atoms with van der Waals surface area (Å²) in [5.74, 6) is -0.186. The number of benzene rings is 1. The molecule has 0 atom stereocenters. The van der Waals surface area contributed by atoms with Crippen molar-refractivity contribution in [1.82, 2.24) is 5.32 Å². The Bertz CT molecular complexity index is 271. The van der Waals surface area contributed by atoms with Gasteiger partial charge in [-0.2, -0.15) is 0 Å². The lowest BCUT2D eigenvalue weighted by atomic mass is 10.2. The van der Waals surface area contributed by atoms with Gasteiger partial charge in [0.15, 0.2) is 0 Å². The van der Waals surface area contributed by atoms with Gasteiger partial charge in [0.05, 0.1) is 6.67 Å². The van der Waals surface area contributed by atoms with E-state index >= 15 is 0 Å². The normalized spacial score (nSPS) is 9.50. The van der Waals surface area contributed by atoms with Crippen LogP contribution in [0.4, 0.5) is 0 Å². The molecule has 64 valence electrons. The lowest BCUT2D eigenvalue weighted by Gasteiger charge is -2.00. The number of nitrogens with two attached hydrogens (primary N) is 1. The van der Waals surface area contributed by atoms with Gasteiger partial charge in [-0.15, -0.1) is 0 Å². The largest absolute Gasteiger partial charge is 0.340 e. The molecule has 0 heterocycles. The van der Waals surface area contributed by atoms with Crippen molar-refractivity contribution in [2.24, 2.45) is 5.73 Å². The monoisotopic (exact) mass is 184 g/mol. The summed E-state index contributed by atoms with van der Waals surface area (Å²) < 4.78 is 0. The summed E-state index contributed by atoms with van der Waals surface area (Å²) >= 11 is 5.64. The molecule has 1 rings (SSSR count). The van der Waals surface area contributed by atoms with Crippen molar-refractivity contribution >= 4 is 17.5 Å². The molecule has 3 nitrogen and oxygen atoms in total. The Hall–Kier alpha value is -1.06. The summed E-state index contributed by atoms with van der Waals surface area (Å²) in [6, 6.07) is 6.61. The maximum absolute atomic E-state index is 11.1. The minimum absolute atomic E-state index is 0.140. The van der Waals surface area contributed by atoms with Crippen LogP contribution in [-0.2, 0) is 0 Å². The Morgan fingerprint density at radius 1 is 1.42 bits per heavy atom. The predicted molar refractivity (Wildman–Crippen MR) is 48.0 cm³/mol. The number of hydrogen-bond donors (Lipinski definition) is 2. The van der Waals surface area contributed by atoms with E-state index in [0.29, 0.717) is 10.6 Å². The quantitative estimate of drug-likeness (QED) is 0.674. The number of carbonyl (C=O) groups excluding carboxylic acids is 1. The molecule has 0 bridgehead atoms. The fourth-order valence-corrected chi connectivity index (χ4v) is 0.922. The first-order chi connectivity index (χ1) is 5.74. The van der Waals surface area contributed by atoms with Gasteiger partial charge in [-0.25, -0.2) is 0 Å². The molecule has 0 fully saturated rings. The molecule has 0 saturated carbocycles. The van der Waals surface area contributed by atoms with E-state index < -0.39 is 0 Å². The fourth-order valence-electron chi connectivity index (χ4n) is 0.796. The highest BCUT2D eigenvalue weighted by atomic mass is 35.5. The minimum Gasteiger partial charge on any atom is -0.340 e. The molecule has 3 N–H and O–H groups in total. The van der Waals surface area contributed by atoms with Crippen LogP contribution in [0.15, 0.2) is 24.3 Å². The van der Waals surface area contributed by atoms with Gasteiger partial charge in [-0.1, -0.05) is 11.6 Å². The zero-order chi connectivity index (χ0) is 8.97. The Labute approximate surface area is 75.5 Å². The first-order valence-electron chi connectivity index (χ1n) is 3.48. The van der Waals surface area contributed by atoms with Crippen LogP contribution in [0.3, 0.4) is 0 Å². The van der Waals surface area contributed by atoms with Crippen molar-refractivity contribution in [3.8, 4) is 0 Å². The standard InChI is InChI=1S/C8H9ClN2O/c9-7-3-1-6(2-4-7)8(12)11-5-10/h1-4H,5,10H2,(H,11,12). The van der Waals surface area contributed by atoms with Crippen LogP contribution in [0.25, 0.3) is 0 Å². The molecule has 0 aromatic heterocycles. The van der Waals surface area contributed by atoms with Crippen molar-refractivity contribution in [3.05, 3.63) is 34.9 Å². The molecule has 0 aliphatic heterocycles. The molecule has 1 amide bonds. The fraction of sp³-hybridized carbons (Fsp3) is 0.125. The number of halogens is 1. The number of rotatable bonds is 2. The summed E-state index contributed by atoms with van der Waals surface area (Å²) in [6.45, 7) is 0.140. The van der Waals surface area contributed by atoms with E-state index in [1.165, 1.54) is 0 Å². The summed E-state index contributed by atoms with van der Waals surface area (Å²) in [5.41, 5.74) is 5.70. The van der Waals surface area contributed by atoms with Crippen LogP contribution < -0.4 is 11.1 Å². The highest BCUT2D eigenvalue weighted by Gasteiger charge is 2.01. The van der Waals surface area contributed by atoms with Gasteiger partial charge >= 0.3 is 0 Å². The maximum atomic E-state index is 11.1. The molecule has 0 saturated heterocycles. The predicted octanol–water partition coefficient (Wildman–Crippen LogP) is 0.986. The van der Waals surface area contributed by atoms with Crippen LogP contribution in [-0.4, -0.2) is 12.6 Å². The Balaban J connectivity index is 2.75. The van der Waals surface area contributed by atoms with Gasteiger partial charge in [-0.3, -0.25) is 4.79 Å². The zero-order valence-electron chi connectivity index (χ0n) is 6.38. The molecule has 1 aromatic carbocycles. The van der Waals surface area contributed by atoms with Crippen molar-refractivity contribution in [1.29, 1.82) is 0 Å². The van der Waals surface area contributed by atoms with E-state index in [2.05, 4.69) is 5.32 Å². The third kappa shape index (κ3) is 2.22. The van der Waals surface area contributed by atoms with Gasteiger partial charge in [0.2, 0.25) is 0 Å². The number of hydrogen-bond acceptors (Lipinski definition) is 2. The second kappa shape index (κ2) is 4.09. The SMILES string of the molecule is NCNC(=O)c1ccc(Cl)cc1. The highest BCUT2D eigenvalue weighted by Crippen LogP contribution is 2.08. The Kier molecular flexibility index (Phi) is 3.08. The summed E-state index contributed by atoms with van der Waals surface area (Å²) in [7, 11) is 0. The molecule has 0 aliphatic carbocycles. The molecule has 12 heavy (non-hydrogen) atoms. The lowest BCUT2D eigenvalue weighted by Crippen LogP contribution is -2.29. The van der Waals surface area contributed by atoms with Gasteiger partial charge in [0, 0.05) is 10.6 Å². The highest BCUT2D eigenvalue weighted by molar-refractivity contribution is 6.30. The molecule has 0 spiro atoms. The van der Waals surface area contributed by atoms with E-state index in [4.69, 9.17) is 17.3 Å². The molecule has 4 heteroatoms. The van der Waals surface area contributed by atoms with Gasteiger partial charge in [0.1, 0.15) is 0 Å². The van der Waals surface area contributed by atoms with Crippen LogP contribution in [0.2, 0.25) is 5.02 Å². The number of carbonyl (C=O) groups is 1. The smallest absolute Gasteiger partial charge is 0.252 e. The van der Waals surface area contributed by atoms with Gasteiger partial charge in [-0.05, 0) is 24.3 Å². The van der Waals surface area contributed by atoms with E-state index in [-0.39, 0.29) is 12.6 Å². The van der Waals surface area contributed by atoms with E-state index in [1.807, 2.05) is 0 Å². The summed E-state index contributed by atoms with van der Waals surface area (Å²) in [5, 5.41) is 3.09. The summed E-state index contributed by atoms with van der Waals surface area (Å²) in [4.78, 5) is 11.1. The van der Waals surface area contributed by atoms with Crippen molar-refractivity contribution in [3.63, 3.8) is 0 Å². The first kappa shape index (κ1) is 9.03. The zero-order valence-corrected chi connectivity index (χ0v) is 7.14. The average molecular weight is 185 g/mol. The molecule has 0 radical (unpaired) electrons. The third-order valence-corrected chi connectivity index (χ3v) is 1.62. The van der Waals surface area contributed by atoms with E-state index in [9.17, 15) is 4.79 Å². The van der Waals surface area contributed by atoms with Gasteiger partial charge in [0.25, 0.3) is 5.91 Å². The third-order valence-electron chi connectivity index (χ3n) is 1.37. The topological polar surface area (TPSA) is 55.1 Å². The van der Waals surface area contributed by atoms with Crippen LogP contribution in [0, 0.1) is 0 Å². The molecular formula is C8H9ClN2O. The van der Waals surface area contributed by atoms with Crippen LogP contribution in [0.1, 0.15) is 10.4 Å².